The number of carbonyl (C=O) groups excluding carboxylic acids is 1. The molecule has 0 aromatic rings. The van der Waals surface area contributed by atoms with Gasteiger partial charge in [-0.3, -0.25) is 0 Å². The van der Waals surface area contributed by atoms with E-state index in [9.17, 15) is 19.1 Å². The fraction of sp³-hybridized carbons (Fsp3) is 0.833. The third-order valence-corrected chi connectivity index (χ3v) is 2.10. The van der Waals surface area contributed by atoms with E-state index in [-0.39, 0.29) is 81.8 Å². The van der Waals surface area contributed by atoms with Crippen molar-refractivity contribution in [3.8, 4) is 0 Å². The van der Waals surface area contributed by atoms with Crippen LogP contribution in [0.15, 0.2) is 0 Å². The molecule has 0 fully saturated rings. The molecular formula is C6H17Na2O12P. The summed E-state index contributed by atoms with van der Waals surface area (Å²) >= 11 is 0. The van der Waals surface area contributed by atoms with Crippen LogP contribution in [0.25, 0.3) is 0 Å². The molecule has 12 nitrogen and oxygen atoms in total. The van der Waals surface area contributed by atoms with E-state index in [1.54, 1.807) is 0 Å². The molecule has 0 saturated heterocycles. The Balaban J connectivity index is -0.000000112. The molecule has 0 bridgehead atoms. The van der Waals surface area contributed by atoms with Crippen LogP contribution in [0.1, 0.15) is 0 Å². The Hall–Kier alpha value is 1.50. The van der Waals surface area contributed by atoms with Crippen LogP contribution < -0.4 is 68.9 Å². The van der Waals surface area contributed by atoms with Gasteiger partial charge < -0.3 is 60.5 Å². The van der Waals surface area contributed by atoms with Gasteiger partial charge in [-0.25, -0.2) is 0 Å². The number of rotatable bonds is 7. The molecule has 4 unspecified atom stereocenters. The topological polar surface area (TPSA) is 265 Å². The molecule has 0 aliphatic rings. The Morgan fingerprint density at radius 2 is 1.38 bits per heavy atom. The molecule has 120 valence electrons. The molecule has 10 N–H and O–H groups in total. The Labute approximate surface area is 163 Å². The maximum absolute atomic E-state index is 10.0. The van der Waals surface area contributed by atoms with Crippen molar-refractivity contribution in [3.63, 3.8) is 0 Å². The molecule has 21 heavy (non-hydrogen) atoms. The van der Waals surface area contributed by atoms with Crippen LogP contribution in [0.4, 0.5) is 0 Å². The summed E-state index contributed by atoms with van der Waals surface area (Å²) in [6.45, 7) is -1.09. The molecule has 0 rings (SSSR count). The summed E-state index contributed by atoms with van der Waals surface area (Å²) in [6, 6.07) is 0. The van der Waals surface area contributed by atoms with Crippen LogP contribution >= 0.6 is 7.82 Å². The van der Waals surface area contributed by atoms with Gasteiger partial charge in [0.2, 0.25) is 0 Å². The zero-order valence-corrected chi connectivity index (χ0v) is 16.3. The van der Waals surface area contributed by atoms with Crippen LogP contribution in [-0.2, 0) is 13.9 Å². The molecule has 0 aromatic heterocycles. The van der Waals surface area contributed by atoms with Crippen molar-refractivity contribution >= 4 is 14.1 Å². The van der Waals surface area contributed by atoms with Crippen molar-refractivity contribution in [1.82, 2.24) is 0 Å². The van der Waals surface area contributed by atoms with Gasteiger partial charge in [0.15, 0.2) is 6.29 Å². The number of hydrogen-bond acceptors (Lipinski definition) is 9. The SMILES string of the molecule is O.O.O.O=CC(O)C(O)C(O)C(O)COP(=O)([O-])[O-].[Na+].[Na+]. The number of phosphoric ester groups is 1. The second kappa shape index (κ2) is 17.8. The van der Waals surface area contributed by atoms with Crippen LogP contribution in [0, 0.1) is 0 Å². The first-order valence-corrected chi connectivity index (χ1v) is 5.49. The Morgan fingerprint density at radius 1 is 1.00 bits per heavy atom. The normalized spacial score (nSPS) is 15.1. The third kappa shape index (κ3) is 17.7. The predicted octanol–water partition coefficient (Wildman–Crippen LogP) is -13.0. The number of hydrogen-bond donors (Lipinski definition) is 4. The Bertz CT molecular complexity index is 274. The van der Waals surface area contributed by atoms with Gasteiger partial charge in [-0.1, -0.05) is 0 Å². The van der Waals surface area contributed by atoms with Gasteiger partial charge in [0.25, 0.3) is 0 Å². The second-order valence-corrected chi connectivity index (χ2v) is 4.07. The molecule has 15 heteroatoms. The number of aldehydes is 1. The number of aliphatic hydroxyl groups excluding tert-OH is 4. The van der Waals surface area contributed by atoms with E-state index >= 15 is 0 Å². The van der Waals surface area contributed by atoms with E-state index in [4.69, 9.17) is 20.4 Å². The van der Waals surface area contributed by atoms with Crippen molar-refractivity contribution in [3.05, 3.63) is 0 Å². The van der Waals surface area contributed by atoms with E-state index in [0.29, 0.717) is 0 Å². The summed E-state index contributed by atoms with van der Waals surface area (Å²) < 4.78 is 13.6. The molecule has 0 aliphatic heterocycles. The van der Waals surface area contributed by atoms with Gasteiger partial charge in [-0.2, -0.15) is 0 Å². The monoisotopic (exact) mass is 358 g/mol. The number of phosphoric acid groups is 1. The molecule has 0 amide bonds. The van der Waals surface area contributed by atoms with Crippen molar-refractivity contribution in [2.24, 2.45) is 0 Å². The van der Waals surface area contributed by atoms with E-state index in [1.807, 2.05) is 0 Å². The van der Waals surface area contributed by atoms with Crippen LogP contribution in [0.3, 0.4) is 0 Å². The Morgan fingerprint density at radius 3 is 1.67 bits per heavy atom. The fourth-order valence-corrected chi connectivity index (χ4v) is 1.11. The number of aliphatic hydroxyl groups is 4. The minimum Gasteiger partial charge on any atom is -0.790 e. The Kier molecular flexibility index (Phi) is 32.5. The number of carbonyl (C=O) groups is 1. The molecule has 0 saturated carbocycles. The summed E-state index contributed by atoms with van der Waals surface area (Å²) in [5.74, 6) is 0. The van der Waals surface area contributed by atoms with E-state index < -0.39 is 38.8 Å². The quantitative estimate of drug-likeness (QED) is 0.191. The van der Waals surface area contributed by atoms with Gasteiger partial charge in [0.1, 0.15) is 24.4 Å². The van der Waals surface area contributed by atoms with Gasteiger partial charge in [-0.05, 0) is 0 Å². The molecule has 0 heterocycles. The van der Waals surface area contributed by atoms with E-state index in [0.717, 1.165) is 0 Å². The largest absolute Gasteiger partial charge is 1.00 e. The van der Waals surface area contributed by atoms with Crippen molar-refractivity contribution in [1.29, 1.82) is 0 Å². The van der Waals surface area contributed by atoms with Crippen LogP contribution in [0.2, 0.25) is 0 Å². The van der Waals surface area contributed by atoms with E-state index in [2.05, 4.69) is 4.52 Å². The van der Waals surface area contributed by atoms with Crippen molar-refractivity contribution < 1.29 is 120 Å². The predicted molar refractivity (Wildman–Crippen MR) is 54.5 cm³/mol. The summed E-state index contributed by atoms with van der Waals surface area (Å²) in [6.07, 6.45) is -8.04. The molecule has 0 radical (unpaired) electrons. The molecule has 4 atom stereocenters. The minimum atomic E-state index is -5.30. The smallest absolute Gasteiger partial charge is 0.790 e. The summed E-state index contributed by atoms with van der Waals surface area (Å²) in [4.78, 5) is 30.0. The van der Waals surface area contributed by atoms with Gasteiger partial charge in [0.05, 0.1) is 14.4 Å². The standard InChI is InChI=1S/C6H13O9P.2Na.3H2O/c7-1-3(8)5(10)6(11)4(9)2-15-16(12,13)14;;;;;/h1,3-6,8-11H,2H2,(H2,12,13,14);;;3*1H2/q;2*+1;;;/p-2. The average Bonchev–Trinajstić information content (AvgIpc) is 2.21. The third-order valence-electron chi connectivity index (χ3n) is 1.64. The maximum atomic E-state index is 10.0. The first-order valence-electron chi connectivity index (χ1n) is 4.03. The van der Waals surface area contributed by atoms with Crippen molar-refractivity contribution in [2.45, 2.75) is 24.4 Å². The summed E-state index contributed by atoms with van der Waals surface area (Å²) in [5.41, 5.74) is 0. The average molecular weight is 358 g/mol. The van der Waals surface area contributed by atoms with Crippen molar-refractivity contribution in [2.75, 3.05) is 6.61 Å². The zero-order chi connectivity index (χ0) is 12.9. The molecule has 0 aliphatic carbocycles. The first-order chi connectivity index (χ1) is 7.19. The summed E-state index contributed by atoms with van der Waals surface area (Å²) in [7, 11) is -5.30. The molecule has 0 spiro atoms. The van der Waals surface area contributed by atoms with Crippen LogP contribution in [-0.4, -0.2) is 74.2 Å². The second-order valence-electron chi connectivity index (χ2n) is 2.92. The molecular weight excluding hydrogens is 341 g/mol. The van der Waals surface area contributed by atoms with Gasteiger partial charge >= 0.3 is 59.1 Å². The first kappa shape index (κ1) is 38.2. The van der Waals surface area contributed by atoms with E-state index in [1.165, 1.54) is 0 Å². The zero-order valence-electron chi connectivity index (χ0n) is 11.4. The summed E-state index contributed by atoms with van der Waals surface area (Å²) in [5, 5.41) is 35.9. The molecule has 0 aromatic carbocycles. The van der Waals surface area contributed by atoms with Gasteiger partial charge in [-0.15, -0.1) is 0 Å². The minimum absolute atomic E-state index is 0. The fourth-order valence-electron chi connectivity index (χ4n) is 0.776. The van der Waals surface area contributed by atoms with Crippen LogP contribution in [0.5, 0.6) is 0 Å². The maximum Gasteiger partial charge on any atom is 1.00 e. The van der Waals surface area contributed by atoms with Gasteiger partial charge in [0, 0.05) is 0 Å².